The van der Waals surface area contributed by atoms with Gasteiger partial charge in [0.05, 0.1) is 16.3 Å². The van der Waals surface area contributed by atoms with E-state index in [0.29, 0.717) is 14.8 Å². The van der Waals surface area contributed by atoms with Crippen molar-refractivity contribution in [1.29, 1.82) is 5.26 Å². The van der Waals surface area contributed by atoms with Crippen LogP contribution in [0.1, 0.15) is 47.1 Å². The molecule has 0 aliphatic rings. The lowest BCUT2D eigenvalue weighted by Crippen LogP contribution is -2.40. The van der Waals surface area contributed by atoms with Crippen LogP contribution in [0.15, 0.2) is 60.7 Å². The first-order chi connectivity index (χ1) is 16.4. The molecule has 2 aromatic heterocycles. The minimum Gasteiger partial charge on any atom is -0.206 e. The molecular weight excluding hydrogens is 602 g/mol. The van der Waals surface area contributed by atoms with Gasteiger partial charge in [-0.2, -0.15) is 5.26 Å². The Morgan fingerprint density at radius 1 is 0.778 bits per heavy atom. The number of sulfonamides is 2. The van der Waals surface area contributed by atoms with E-state index in [1.807, 2.05) is 65.8 Å². The summed E-state index contributed by atoms with van der Waals surface area (Å²) in [5.41, 5.74) is 0.936. The highest BCUT2D eigenvalue weighted by Gasteiger charge is 2.24. The Labute approximate surface area is 230 Å². The molecule has 0 spiro atoms. The maximum Gasteiger partial charge on any atom is 0.250 e. The molecule has 0 aliphatic heterocycles. The minimum absolute atomic E-state index is 0.304. The predicted molar refractivity (Wildman–Crippen MR) is 151 cm³/mol. The molecule has 0 amide bonds. The number of nitrogens with zero attached hydrogens (tertiary/aromatic N) is 1. The van der Waals surface area contributed by atoms with E-state index in [4.69, 9.17) is 5.26 Å². The fraction of sp³-hybridized carbons (Fsp3) is 0.375. The normalized spacial score (nSPS) is 12.5. The van der Waals surface area contributed by atoms with Crippen molar-refractivity contribution >= 4 is 58.7 Å². The quantitative estimate of drug-likeness (QED) is 0.339. The maximum atomic E-state index is 12.3. The molecule has 7 nitrogen and oxygen atoms in total. The highest BCUT2D eigenvalue weighted by Crippen LogP contribution is 2.31. The minimum atomic E-state index is -3.50. The molecule has 3 aromatic rings. The van der Waals surface area contributed by atoms with Crippen LogP contribution in [0, 0.1) is 11.3 Å². The smallest absolute Gasteiger partial charge is 0.206 e. The number of hydrogen-bond donors (Lipinski definition) is 2. The Hall–Kier alpha value is -1.59. The van der Waals surface area contributed by atoms with Gasteiger partial charge in [-0.25, -0.2) is 26.3 Å². The van der Waals surface area contributed by atoms with E-state index in [1.165, 1.54) is 22.7 Å². The molecule has 36 heavy (non-hydrogen) atoms. The van der Waals surface area contributed by atoms with Crippen LogP contribution in [-0.2, 0) is 26.5 Å². The second kappa shape index (κ2) is 11.9. The fourth-order valence-electron chi connectivity index (χ4n) is 2.85. The van der Waals surface area contributed by atoms with Gasteiger partial charge in [-0.15, -0.1) is 22.7 Å². The standard InChI is InChI=1S/C16H18N2O2S2.C8H12BrNO2S2/c1-16(2,3)18-22(19,20)15-9-8-14(21-15)13-6-4-12(5-7-13)10-11-17;1-8(2,3)10-14(11,12)7-5-4-6(9)13-7/h4-9,18H,10H2,1-3H3;4-5,10H,1-3H3. The predicted octanol–water partition coefficient (Wildman–Crippen LogP) is 6.15. The van der Waals surface area contributed by atoms with Gasteiger partial charge in [-0.05, 0) is 92.9 Å². The van der Waals surface area contributed by atoms with Crippen molar-refractivity contribution in [1.82, 2.24) is 9.44 Å². The first-order valence-corrected chi connectivity index (χ1v) is 16.2. The first kappa shape index (κ1) is 30.6. The van der Waals surface area contributed by atoms with Crippen LogP contribution in [0.3, 0.4) is 0 Å². The number of rotatable bonds is 6. The molecular formula is C24H30BrN3O4S4. The molecule has 1 aromatic carbocycles. The number of nitrogens with one attached hydrogen (secondary N) is 2. The first-order valence-electron chi connectivity index (χ1n) is 10.8. The van der Waals surface area contributed by atoms with Gasteiger partial charge in [-0.3, -0.25) is 0 Å². The highest BCUT2D eigenvalue weighted by atomic mass is 79.9. The van der Waals surface area contributed by atoms with Gasteiger partial charge in [0.25, 0.3) is 20.0 Å². The monoisotopic (exact) mass is 631 g/mol. The summed E-state index contributed by atoms with van der Waals surface area (Å²) in [6.45, 7) is 10.9. The Kier molecular flexibility index (Phi) is 10.1. The van der Waals surface area contributed by atoms with Crippen molar-refractivity contribution in [3.63, 3.8) is 0 Å². The van der Waals surface area contributed by atoms with Crippen molar-refractivity contribution in [2.75, 3.05) is 0 Å². The topological polar surface area (TPSA) is 116 Å². The average Bonchev–Trinajstić information content (AvgIpc) is 3.36. The molecule has 2 heterocycles. The summed E-state index contributed by atoms with van der Waals surface area (Å²) in [5.74, 6) is 0. The highest BCUT2D eigenvalue weighted by molar-refractivity contribution is 9.11. The summed E-state index contributed by atoms with van der Waals surface area (Å²) in [7, 11) is -6.86. The molecule has 0 saturated carbocycles. The lowest BCUT2D eigenvalue weighted by molar-refractivity contribution is 0.491. The molecule has 0 aliphatic carbocycles. The lowest BCUT2D eigenvalue weighted by Gasteiger charge is -2.19. The maximum absolute atomic E-state index is 12.3. The second-order valence-corrected chi connectivity index (χ2v) is 17.3. The molecule has 12 heteroatoms. The third-order valence-electron chi connectivity index (χ3n) is 4.06. The Morgan fingerprint density at radius 3 is 1.67 bits per heavy atom. The van der Waals surface area contributed by atoms with Gasteiger partial charge < -0.3 is 0 Å². The van der Waals surface area contributed by atoms with Gasteiger partial charge in [0.2, 0.25) is 0 Å². The number of halogens is 1. The van der Waals surface area contributed by atoms with Crippen LogP contribution in [0.4, 0.5) is 0 Å². The summed E-state index contributed by atoms with van der Waals surface area (Å²) in [4.78, 5) is 0.887. The van der Waals surface area contributed by atoms with Gasteiger partial charge in [-0.1, -0.05) is 24.3 Å². The van der Waals surface area contributed by atoms with Crippen LogP contribution in [0.5, 0.6) is 0 Å². The molecule has 0 saturated heterocycles. The van der Waals surface area contributed by atoms with Crippen molar-refractivity contribution in [3.05, 3.63) is 57.9 Å². The fourth-order valence-corrected chi connectivity index (χ4v) is 9.01. The van der Waals surface area contributed by atoms with Gasteiger partial charge >= 0.3 is 0 Å². The third-order valence-corrected chi connectivity index (χ3v) is 11.3. The van der Waals surface area contributed by atoms with E-state index in [9.17, 15) is 16.8 Å². The van der Waals surface area contributed by atoms with Crippen LogP contribution >= 0.6 is 38.6 Å². The zero-order valence-electron chi connectivity index (χ0n) is 20.9. The molecule has 196 valence electrons. The van der Waals surface area contributed by atoms with Crippen LogP contribution < -0.4 is 9.44 Å². The zero-order valence-corrected chi connectivity index (χ0v) is 25.8. The number of thiophene rings is 2. The molecule has 3 rings (SSSR count). The van der Waals surface area contributed by atoms with E-state index in [0.717, 1.165) is 19.8 Å². The molecule has 2 N–H and O–H groups in total. The Bertz CT molecular complexity index is 1420. The summed E-state index contributed by atoms with van der Waals surface area (Å²) in [5, 5.41) is 8.67. The molecule has 0 fully saturated rings. The Balaban J connectivity index is 0.000000281. The van der Waals surface area contributed by atoms with Crippen molar-refractivity contribution in [2.45, 2.75) is 67.5 Å². The van der Waals surface area contributed by atoms with E-state index in [2.05, 4.69) is 31.4 Å². The van der Waals surface area contributed by atoms with E-state index >= 15 is 0 Å². The summed E-state index contributed by atoms with van der Waals surface area (Å²) >= 11 is 5.67. The van der Waals surface area contributed by atoms with Crippen molar-refractivity contribution < 1.29 is 16.8 Å². The van der Waals surface area contributed by atoms with E-state index in [1.54, 1.807) is 24.3 Å². The Morgan fingerprint density at radius 2 is 1.25 bits per heavy atom. The molecule has 0 bridgehead atoms. The summed E-state index contributed by atoms with van der Waals surface area (Å²) < 4.78 is 54.8. The summed E-state index contributed by atoms with van der Waals surface area (Å²) in [6, 6.07) is 16.4. The lowest BCUT2D eigenvalue weighted by atomic mass is 10.1. The van der Waals surface area contributed by atoms with Crippen molar-refractivity contribution in [2.24, 2.45) is 0 Å². The molecule has 0 atom stereocenters. The van der Waals surface area contributed by atoms with Gasteiger partial charge in [0.15, 0.2) is 0 Å². The molecule has 0 radical (unpaired) electrons. The molecule has 0 unspecified atom stereocenters. The van der Waals surface area contributed by atoms with Crippen molar-refractivity contribution in [3.8, 4) is 16.5 Å². The van der Waals surface area contributed by atoms with E-state index in [-0.39, 0.29) is 0 Å². The largest absolute Gasteiger partial charge is 0.250 e. The van der Waals surface area contributed by atoms with Crippen LogP contribution in [0.25, 0.3) is 10.4 Å². The van der Waals surface area contributed by atoms with Crippen LogP contribution in [-0.4, -0.2) is 27.9 Å². The summed E-state index contributed by atoms with van der Waals surface area (Å²) in [6.07, 6.45) is 0.375. The SMILES string of the molecule is CC(C)(C)NS(=O)(=O)c1ccc(-c2ccc(CC#N)cc2)s1.CC(C)(C)NS(=O)(=O)c1ccc(Br)s1. The second-order valence-electron chi connectivity index (χ2n) is 9.92. The van der Waals surface area contributed by atoms with E-state index < -0.39 is 31.1 Å². The van der Waals surface area contributed by atoms with Gasteiger partial charge in [0, 0.05) is 16.0 Å². The van der Waals surface area contributed by atoms with Crippen LogP contribution in [0.2, 0.25) is 0 Å². The van der Waals surface area contributed by atoms with Gasteiger partial charge in [0.1, 0.15) is 8.42 Å². The average molecular weight is 633 g/mol. The third kappa shape index (κ3) is 9.70. The number of hydrogen-bond acceptors (Lipinski definition) is 7. The number of benzene rings is 1. The zero-order chi connectivity index (χ0) is 27.4. The number of nitriles is 1.